The SMILES string of the molecule is O=c1[nH]c(-c2ccc(Cl)cc2OC(F)F)nc2ccccc12. The number of H-pyrrole nitrogens is 1. The van der Waals surface area contributed by atoms with E-state index in [9.17, 15) is 13.6 Å². The summed E-state index contributed by atoms with van der Waals surface area (Å²) in [5, 5.41) is 0.652. The van der Waals surface area contributed by atoms with E-state index in [1.54, 1.807) is 24.3 Å². The van der Waals surface area contributed by atoms with Crippen LogP contribution >= 0.6 is 11.6 Å². The molecule has 7 heteroatoms. The van der Waals surface area contributed by atoms with Gasteiger partial charge in [0.1, 0.15) is 11.6 Å². The van der Waals surface area contributed by atoms with Crippen LogP contribution < -0.4 is 10.3 Å². The Morgan fingerprint density at radius 2 is 1.95 bits per heavy atom. The molecule has 0 aliphatic heterocycles. The molecule has 0 unspecified atom stereocenters. The molecule has 1 N–H and O–H groups in total. The highest BCUT2D eigenvalue weighted by Crippen LogP contribution is 2.31. The number of aromatic nitrogens is 2. The first-order valence-corrected chi connectivity index (χ1v) is 6.66. The van der Waals surface area contributed by atoms with Gasteiger partial charge in [0.2, 0.25) is 0 Å². The smallest absolute Gasteiger partial charge is 0.387 e. The Bertz CT molecular complexity index is 896. The monoisotopic (exact) mass is 322 g/mol. The fourth-order valence-corrected chi connectivity index (χ4v) is 2.26. The van der Waals surface area contributed by atoms with E-state index in [2.05, 4.69) is 14.7 Å². The second-order valence-corrected chi connectivity index (χ2v) is 4.89. The number of rotatable bonds is 3. The number of nitrogens with one attached hydrogen (secondary N) is 1. The summed E-state index contributed by atoms with van der Waals surface area (Å²) >= 11 is 5.80. The summed E-state index contributed by atoms with van der Waals surface area (Å²) in [6, 6.07) is 11.0. The summed E-state index contributed by atoms with van der Waals surface area (Å²) in [6.07, 6.45) is 0. The van der Waals surface area contributed by atoms with E-state index < -0.39 is 6.61 Å². The van der Waals surface area contributed by atoms with Crippen molar-refractivity contribution in [1.29, 1.82) is 0 Å². The highest BCUT2D eigenvalue weighted by atomic mass is 35.5. The Kier molecular flexibility index (Phi) is 3.77. The minimum Gasteiger partial charge on any atom is -0.434 e. The molecule has 0 spiro atoms. The highest BCUT2D eigenvalue weighted by molar-refractivity contribution is 6.30. The van der Waals surface area contributed by atoms with Gasteiger partial charge in [0.15, 0.2) is 0 Å². The Labute approximate surface area is 128 Å². The van der Waals surface area contributed by atoms with Gasteiger partial charge in [-0.15, -0.1) is 0 Å². The topological polar surface area (TPSA) is 55.0 Å². The molecule has 3 rings (SSSR count). The summed E-state index contributed by atoms with van der Waals surface area (Å²) in [7, 11) is 0. The van der Waals surface area contributed by atoms with Crippen molar-refractivity contribution in [3.8, 4) is 17.1 Å². The second kappa shape index (κ2) is 5.73. The van der Waals surface area contributed by atoms with Gasteiger partial charge >= 0.3 is 6.61 Å². The first-order valence-electron chi connectivity index (χ1n) is 6.28. The predicted molar refractivity (Wildman–Crippen MR) is 79.4 cm³/mol. The van der Waals surface area contributed by atoms with Gasteiger partial charge in [-0.25, -0.2) is 4.98 Å². The number of ether oxygens (including phenoxy) is 1. The van der Waals surface area contributed by atoms with Crippen molar-refractivity contribution < 1.29 is 13.5 Å². The van der Waals surface area contributed by atoms with Gasteiger partial charge in [-0.3, -0.25) is 4.79 Å². The van der Waals surface area contributed by atoms with E-state index in [0.717, 1.165) is 0 Å². The third kappa shape index (κ3) is 2.78. The van der Waals surface area contributed by atoms with E-state index in [4.69, 9.17) is 11.6 Å². The van der Waals surface area contributed by atoms with Gasteiger partial charge in [0, 0.05) is 5.02 Å². The van der Waals surface area contributed by atoms with Crippen molar-refractivity contribution in [2.24, 2.45) is 0 Å². The lowest BCUT2D eigenvalue weighted by Gasteiger charge is -2.11. The zero-order valence-electron chi connectivity index (χ0n) is 11.0. The maximum Gasteiger partial charge on any atom is 0.387 e. The molecule has 4 nitrogen and oxygen atoms in total. The normalized spacial score (nSPS) is 11.1. The number of benzene rings is 2. The molecule has 0 aliphatic carbocycles. The number of fused-ring (bicyclic) bond motifs is 1. The number of aromatic amines is 1. The molecule has 0 bridgehead atoms. The first-order chi connectivity index (χ1) is 10.5. The molecule has 1 aromatic heterocycles. The number of nitrogens with zero attached hydrogens (tertiary/aromatic N) is 1. The van der Waals surface area contributed by atoms with E-state index in [0.29, 0.717) is 10.9 Å². The third-order valence-corrected chi connectivity index (χ3v) is 3.26. The molecule has 0 radical (unpaired) electrons. The number of hydrogen-bond donors (Lipinski definition) is 1. The molecule has 0 saturated carbocycles. The second-order valence-electron chi connectivity index (χ2n) is 4.45. The molecule has 0 fully saturated rings. The molecule has 112 valence electrons. The lowest BCUT2D eigenvalue weighted by Crippen LogP contribution is -2.10. The van der Waals surface area contributed by atoms with Crippen LogP contribution in [0.3, 0.4) is 0 Å². The van der Waals surface area contributed by atoms with Crippen molar-refractivity contribution in [2.75, 3.05) is 0 Å². The lowest BCUT2D eigenvalue weighted by atomic mass is 10.1. The van der Waals surface area contributed by atoms with E-state index in [1.807, 2.05) is 0 Å². The summed E-state index contributed by atoms with van der Waals surface area (Å²) in [5.41, 5.74) is 0.324. The first kappa shape index (κ1) is 14.5. The predicted octanol–water partition coefficient (Wildman–Crippen LogP) is 3.84. The molecule has 3 aromatic rings. The average Bonchev–Trinajstić information content (AvgIpc) is 2.46. The maximum atomic E-state index is 12.5. The quantitative estimate of drug-likeness (QED) is 0.797. The third-order valence-electron chi connectivity index (χ3n) is 3.03. The van der Waals surface area contributed by atoms with Crippen LogP contribution in [0.4, 0.5) is 8.78 Å². The van der Waals surface area contributed by atoms with Crippen molar-refractivity contribution in [3.05, 3.63) is 57.8 Å². The van der Waals surface area contributed by atoms with Gasteiger partial charge < -0.3 is 9.72 Å². The summed E-state index contributed by atoms with van der Waals surface area (Å²) in [5.74, 6) is -0.0167. The molecule has 0 atom stereocenters. The number of para-hydroxylation sites is 1. The van der Waals surface area contributed by atoms with Gasteiger partial charge in [-0.05, 0) is 30.3 Å². The lowest BCUT2D eigenvalue weighted by molar-refractivity contribution is -0.0494. The number of hydrogen-bond acceptors (Lipinski definition) is 3. The van der Waals surface area contributed by atoms with Crippen LogP contribution in [0.1, 0.15) is 0 Å². The van der Waals surface area contributed by atoms with Crippen molar-refractivity contribution >= 4 is 22.5 Å². The van der Waals surface area contributed by atoms with Gasteiger partial charge in [0.25, 0.3) is 5.56 Å². The fourth-order valence-electron chi connectivity index (χ4n) is 2.10. The Morgan fingerprint density at radius 3 is 2.73 bits per heavy atom. The highest BCUT2D eigenvalue weighted by Gasteiger charge is 2.15. The minimum atomic E-state index is -3.01. The summed E-state index contributed by atoms with van der Waals surface area (Å²) in [6.45, 7) is -3.01. The molecule has 0 aliphatic rings. The van der Waals surface area contributed by atoms with Gasteiger partial charge in [-0.2, -0.15) is 8.78 Å². The van der Waals surface area contributed by atoms with Crippen molar-refractivity contribution in [1.82, 2.24) is 9.97 Å². The summed E-state index contributed by atoms with van der Waals surface area (Å²) in [4.78, 5) is 18.9. The zero-order valence-corrected chi connectivity index (χ0v) is 11.8. The minimum absolute atomic E-state index is 0.135. The van der Waals surface area contributed by atoms with E-state index in [1.165, 1.54) is 18.2 Å². The van der Waals surface area contributed by atoms with Crippen LogP contribution in [0.15, 0.2) is 47.3 Å². The van der Waals surface area contributed by atoms with Crippen LogP contribution in [-0.2, 0) is 0 Å². The molecule has 22 heavy (non-hydrogen) atoms. The van der Waals surface area contributed by atoms with E-state index >= 15 is 0 Å². The molecular weight excluding hydrogens is 314 g/mol. The van der Waals surface area contributed by atoms with Crippen LogP contribution in [0.25, 0.3) is 22.3 Å². The zero-order chi connectivity index (χ0) is 15.7. The molecule has 0 amide bonds. The van der Waals surface area contributed by atoms with Gasteiger partial charge in [0.05, 0.1) is 16.5 Å². The Morgan fingerprint density at radius 1 is 1.18 bits per heavy atom. The number of alkyl halides is 2. The molecule has 0 saturated heterocycles. The van der Waals surface area contributed by atoms with Gasteiger partial charge in [-0.1, -0.05) is 23.7 Å². The fraction of sp³-hybridized carbons (Fsp3) is 0.0667. The van der Waals surface area contributed by atoms with Crippen LogP contribution in [-0.4, -0.2) is 16.6 Å². The van der Waals surface area contributed by atoms with Crippen LogP contribution in [0, 0.1) is 0 Å². The van der Waals surface area contributed by atoms with Crippen molar-refractivity contribution in [2.45, 2.75) is 6.61 Å². The van der Waals surface area contributed by atoms with Crippen LogP contribution in [0.2, 0.25) is 5.02 Å². The molecular formula is C15H9ClF2N2O2. The average molecular weight is 323 g/mol. The van der Waals surface area contributed by atoms with E-state index in [-0.39, 0.29) is 27.7 Å². The largest absolute Gasteiger partial charge is 0.434 e. The number of halogens is 3. The molecule has 1 heterocycles. The van der Waals surface area contributed by atoms with Crippen molar-refractivity contribution in [3.63, 3.8) is 0 Å². The maximum absolute atomic E-state index is 12.5. The standard InChI is InChI=1S/C15H9ClF2N2O2/c16-8-5-6-10(12(7-8)22-15(17)18)13-19-11-4-2-1-3-9(11)14(21)20-13/h1-7,15H,(H,19,20,21). The Balaban J connectivity index is 2.21. The van der Waals surface area contributed by atoms with Crippen LogP contribution in [0.5, 0.6) is 5.75 Å². The Hall–Kier alpha value is -2.47. The molecule has 2 aromatic carbocycles. The summed E-state index contributed by atoms with van der Waals surface area (Å²) < 4.78 is 29.5.